The number of pyridine rings is 2. The van der Waals surface area contributed by atoms with E-state index < -0.39 is 0 Å². The molecule has 0 spiro atoms. The largest absolute Gasteiger partial charge is 0.335 e. The lowest BCUT2D eigenvalue weighted by molar-refractivity contribution is 0.102. The van der Waals surface area contributed by atoms with Gasteiger partial charge in [-0.05, 0) is 29.6 Å². The zero-order valence-corrected chi connectivity index (χ0v) is 16.9. The Morgan fingerprint density at radius 1 is 1.07 bits per heavy atom. The predicted molar refractivity (Wildman–Crippen MR) is 118 cm³/mol. The zero-order chi connectivity index (χ0) is 20.5. The van der Waals surface area contributed by atoms with Gasteiger partial charge in [-0.15, -0.1) is 11.3 Å². The molecular weight excluding hydrogens is 420 g/mol. The predicted octanol–water partition coefficient (Wildman–Crippen LogP) is 5.92. The van der Waals surface area contributed by atoms with E-state index >= 15 is 0 Å². The number of amides is 1. The van der Waals surface area contributed by atoms with Crippen LogP contribution in [0.5, 0.6) is 0 Å². The molecule has 0 saturated carbocycles. The third-order valence-corrected chi connectivity index (χ3v) is 5.60. The number of hydrogen-bond donors (Lipinski definition) is 1. The molecule has 0 saturated heterocycles. The molecule has 146 valence electrons. The highest BCUT2D eigenvalue weighted by Crippen LogP contribution is 2.34. The van der Waals surface area contributed by atoms with Crippen LogP contribution in [0.4, 0.5) is 5.82 Å². The van der Waals surface area contributed by atoms with Crippen molar-refractivity contribution in [2.24, 2.45) is 0 Å². The van der Waals surface area contributed by atoms with Gasteiger partial charge in [0.15, 0.2) is 0 Å². The lowest BCUT2D eigenvalue weighted by Crippen LogP contribution is -2.14. The maximum atomic E-state index is 13.2. The van der Waals surface area contributed by atoms with Gasteiger partial charge >= 0.3 is 0 Å². The van der Waals surface area contributed by atoms with Crippen molar-refractivity contribution >= 4 is 45.8 Å². The number of fused-ring (bicyclic) bond motifs is 1. The summed E-state index contributed by atoms with van der Waals surface area (Å²) in [6.07, 6.45) is 1.48. The highest BCUT2D eigenvalue weighted by molar-refractivity contribution is 7.13. The monoisotopic (exact) mass is 432 g/mol. The van der Waals surface area contributed by atoms with E-state index in [4.69, 9.17) is 16.1 Å². The molecule has 0 atom stereocenters. The Morgan fingerprint density at radius 2 is 1.93 bits per heavy atom. The van der Waals surface area contributed by atoms with Crippen LogP contribution in [-0.4, -0.2) is 21.0 Å². The number of anilines is 1. The van der Waals surface area contributed by atoms with Crippen molar-refractivity contribution in [1.29, 1.82) is 0 Å². The average Bonchev–Trinajstić information content (AvgIpc) is 3.45. The molecule has 0 fully saturated rings. The van der Waals surface area contributed by atoms with Gasteiger partial charge in [-0.2, -0.15) is 0 Å². The highest BCUT2D eigenvalue weighted by Gasteiger charge is 2.22. The van der Waals surface area contributed by atoms with Crippen LogP contribution in [0.25, 0.3) is 32.9 Å². The number of nitrogens with zero attached hydrogens (tertiary/aromatic N) is 3. The van der Waals surface area contributed by atoms with Gasteiger partial charge in [-0.3, -0.25) is 4.79 Å². The Kier molecular flexibility index (Phi) is 4.74. The number of benzene rings is 1. The first-order chi connectivity index (χ1) is 14.7. The average molecular weight is 433 g/mol. The minimum Gasteiger partial charge on any atom is -0.335 e. The van der Waals surface area contributed by atoms with Gasteiger partial charge in [-0.1, -0.05) is 53.2 Å². The normalized spacial score (nSPS) is 11.0. The summed E-state index contributed by atoms with van der Waals surface area (Å²) in [6.45, 7) is 0. The van der Waals surface area contributed by atoms with Gasteiger partial charge in [0.05, 0.1) is 26.5 Å². The number of thiophene rings is 1. The fraction of sp³-hybridized carbons (Fsp3) is 0. The quantitative estimate of drug-likeness (QED) is 0.381. The van der Waals surface area contributed by atoms with E-state index in [1.807, 2.05) is 47.8 Å². The molecule has 5 rings (SSSR count). The molecule has 0 aliphatic carbocycles. The molecule has 6 nitrogen and oxygen atoms in total. The first-order valence-electron chi connectivity index (χ1n) is 9.01. The lowest BCUT2D eigenvalue weighted by Gasteiger charge is -2.08. The number of nitrogens with one attached hydrogen (secondary N) is 1. The lowest BCUT2D eigenvalue weighted by atomic mass is 10.0. The molecule has 0 aliphatic heterocycles. The van der Waals surface area contributed by atoms with E-state index in [0.717, 1.165) is 10.4 Å². The summed E-state index contributed by atoms with van der Waals surface area (Å²) in [7, 11) is 0. The van der Waals surface area contributed by atoms with Crippen LogP contribution >= 0.6 is 22.9 Å². The Morgan fingerprint density at radius 3 is 2.67 bits per heavy atom. The number of hydrogen-bond acceptors (Lipinski definition) is 6. The molecule has 1 amide bonds. The topological polar surface area (TPSA) is 80.9 Å². The summed E-state index contributed by atoms with van der Waals surface area (Å²) in [5.74, 6) is 0.0557. The van der Waals surface area contributed by atoms with Crippen LogP contribution in [0.2, 0.25) is 5.02 Å². The van der Waals surface area contributed by atoms with Crippen molar-refractivity contribution in [2.75, 3.05) is 5.32 Å². The molecular formula is C22H13ClN4O2S. The number of aromatic nitrogens is 3. The van der Waals surface area contributed by atoms with E-state index in [9.17, 15) is 4.79 Å². The SMILES string of the molecule is O=C(Nc1ccc(Cl)cn1)c1cc(-c2cccs2)nc2onc(-c3ccccc3)c12. The van der Waals surface area contributed by atoms with E-state index in [0.29, 0.717) is 38.9 Å². The molecule has 4 aromatic heterocycles. The first kappa shape index (κ1) is 18.5. The van der Waals surface area contributed by atoms with Crippen LogP contribution < -0.4 is 5.32 Å². The minimum atomic E-state index is -0.338. The van der Waals surface area contributed by atoms with Crippen molar-refractivity contribution in [3.63, 3.8) is 0 Å². The molecule has 30 heavy (non-hydrogen) atoms. The Hall–Kier alpha value is -3.55. The third kappa shape index (κ3) is 3.45. The first-order valence-corrected chi connectivity index (χ1v) is 10.3. The highest BCUT2D eigenvalue weighted by atomic mass is 35.5. The molecule has 4 heterocycles. The maximum absolute atomic E-state index is 13.2. The number of halogens is 1. The fourth-order valence-electron chi connectivity index (χ4n) is 3.11. The summed E-state index contributed by atoms with van der Waals surface area (Å²) in [5, 5.41) is 10.0. The van der Waals surface area contributed by atoms with Crippen LogP contribution in [0.15, 0.2) is 76.8 Å². The van der Waals surface area contributed by atoms with Gasteiger partial charge in [0.1, 0.15) is 11.5 Å². The Labute approximate surface area is 180 Å². The maximum Gasteiger partial charge on any atom is 0.259 e. The summed E-state index contributed by atoms with van der Waals surface area (Å²) in [5.41, 5.74) is 2.74. The van der Waals surface area contributed by atoms with Crippen molar-refractivity contribution in [1.82, 2.24) is 15.1 Å². The van der Waals surface area contributed by atoms with Gasteiger partial charge < -0.3 is 9.84 Å². The van der Waals surface area contributed by atoms with E-state index in [1.54, 1.807) is 18.2 Å². The number of carbonyl (C=O) groups is 1. The Balaban J connectivity index is 1.67. The molecule has 5 aromatic rings. The van der Waals surface area contributed by atoms with Crippen molar-refractivity contribution < 1.29 is 9.32 Å². The smallest absolute Gasteiger partial charge is 0.259 e. The second-order valence-electron chi connectivity index (χ2n) is 6.43. The van der Waals surface area contributed by atoms with Crippen molar-refractivity contribution in [3.05, 3.63) is 82.8 Å². The number of carbonyl (C=O) groups excluding carboxylic acids is 1. The summed E-state index contributed by atoms with van der Waals surface area (Å²) < 4.78 is 5.53. The molecule has 0 radical (unpaired) electrons. The molecule has 8 heteroatoms. The van der Waals surface area contributed by atoms with E-state index in [-0.39, 0.29) is 5.91 Å². The van der Waals surface area contributed by atoms with Crippen LogP contribution in [0.1, 0.15) is 10.4 Å². The fourth-order valence-corrected chi connectivity index (χ4v) is 3.91. The summed E-state index contributed by atoms with van der Waals surface area (Å²) >= 11 is 7.42. The second-order valence-corrected chi connectivity index (χ2v) is 7.81. The van der Waals surface area contributed by atoms with Gasteiger partial charge in [0.25, 0.3) is 11.6 Å². The molecule has 1 aromatic carbocycles. The summed E-state index contributed by atoms with van der Waals surface area (Å²) in [4.78, 5) is 22.9. The zero-order valence-electron chi connectivity index (χ0n) is 15.4. The van der Waals surface area contributed by atoms with Crippen LogP contribution in [0, 0.1) is 0 Å². The molecule has 1 N–H and O–H groups in total. The van der Waals surface area contributed by atoms with E-state index in [1.165, 1.54) is 17.5 Å². The molecule has 0 unspecified atom stereocenters. The van der Waals surface area contributed by atoms with Gasteiger partial charge in [-0.25, -0.2) is 9.97 Å². The second kappa shape index (κ2) is 7.70. The third-order valence-electron chi connectivity index (χ3n) is 4.48. The van der Waals surface area contributed by atoms with Gasteiger partial charge in [0.2, 0.25) is 0 Å². The Bertz CT molecular complexity index is 1330. The van der Waals surface area contributed by atoms with Crippen molar-refractivity contribution in [2.45, 2.75) is 0 Å². The summed E-state index contributed by atoms with van der Waals surface area (Å²) in [6, 6.07) is 18.5. The number of rotatable bonds is 4. The molecule has 0 bridgehead atoms. The molecule has 0 aliphatic rings. The van der Waals surface area contributed by atoms with Gasteiger partial charge in [0, 0.05) is 11.8 Å². The van der Waals surface area contributed by atoms with Crippen LogP contribution in [0.3, 0.4) is 0 Å². The standard InChI is InChI=1S/C22H13ClN4O2S/c23-14-8-9-18(24-12-14)26-21(28)15-11-16(17-7-4-10-30-17)25-22-19(15)20(27-29-22)13-5-2-1-3-6-13/h1-12H,(H,24,26,28). The van der Waals surface area contributed by atoms with Crippen molar-refractivity contribution in [3.8, 4) is 21.8 Å². The minimum absolute atomic E-state index is 0.300. The van der Waals surface area contributed by atoms with Crippen LogP contribution in [-0.2, 0) is 0 Å². The van der Waals surface area contributed by atoms with E-state index in [2.05, 4.69) is 20.4 Å².